The molecule has 0 aliphatic carbocycles. The maximum absolute atomic E-state index is 12.8. The molecule has 2 atom stereocenters. The van der Waals surface area contributed by atoms with Gasteiger partial charge in [-0.05, 0) is 38.0 Å². The molecule has 11 heteroatoms. The zero-order valence-corrected chi connectivity index (χ0v) is 19.5. The lowest BCUT2D eigenvalue weighted by Crippen LogP contribution is -2.70. The Kier molecular flexibility index (Phi) is 6.09. The van der Waals surface area contributed by atoms with Crippen LogP contribution in [0, 0.1) is 20.8 Å². The number of hydrogen-bond donors (Lipinski definition) is 2. The van der Waals surface area contributed by atoms with Crippen LogP contribution in [-0.4, -0.2) is 60.9 Å². The number of carboxylic acid groups (broad SMARTS) is 1. The van der Waals surface area contributed by atoms with Crippen molar-refractivity contribution in [2.45, 2.75) is 36.5 Å². The molecule has 162 valence electrons. The van der Waals surface area contributed by atoms with E-state index in [1.807, 2.05) is 32.9 Å². The first-order valence-corrected chi connectivity index (χ1v) is 12.3. The number of amides is 2. The Balaban J connectivity index is 1.49. The molecule has 2 aromatic rings. The van der Waals surface area contributed by atoms with Crippen LogP contribution >= 0.6 is 34.9 Å². The van der Waals surface area contributed by atoms with Gasteiger partial charge in [0.25, 0.3) is 11.8 Å². The van der Waals surface area contributed by atoms with Crippen molar-refractivity contribution in [3.63, 3.8) is 0 Å². The number of β-lactam (4-membered cyclic amide) rings is 1. The largest absolute Gasteiger partial charge is 0.477 e. The van der Waals surface area contributed by atoms with Crippen molar-refractivity contribution in [3.05, 3.63) is 51.2 Å². The van der Waals surface area contributed by atoms with Gasteiger partial charge >= 0.3 is 5.97 Å². The monoisotopic (exact) mass is 476 g/mol. The number of aromatic nitrogens is 2. The van der Waals surface area contributed by atoms with Crippen LogP contribution in [0.5, 0.6) is 0 Å². The molecule has 1 aromatic heterocycles. The summed E-state index contributed by atoms with van der Waals surface area (Å²) in [5.74, 6) is -0.982. The molecule has 0 radical (unpaired) electrons. The minimum Gasteiger partial charge on any atom is -0.477 e. The fourth-order valence-corrected chi connectivity index (χ4v) is 6.87. The number of nitrogens with zero attached hydrogens (tertiary/aromatic N) is 3. The van der Waals surface area contributed by atoms with E-state index in [0.29, 0.717) is 22.6 Å². The number of aryl methyl sites for hydroxylation is 3. The molecular weight excluding hydrogens is 456 g/mol. The number of rotatable bonds is 6. The normalized spacial score (nSPS) is 20.4. The van der Waals surface area contributed by atoms with Gasteiger partial charge < -0.3 is 10.4 Å². The highest BCUT2D eigenvalue weighted by molar-refractivity contribution is 8.01. The van der Waals surface area contributed by atoms with Crippen LogP contribution in [-0.2, 0) is 9.59 Å². The summed E-state index contributed by atoms with van der Waals surface area (Å²) >= 11 is 4.32. The fourth-order valence-electron chi connectivity index (χ4n) is 3.57. The van der Waals surface area contributed by atoms with Crippen LogP contribution in [0.2, 0.25) is 0 Å². The Labute approximate surface area is 191 Å². The first-order chi connectivity index (χ1) is 14.8. The van der Waals surface area contributed by atoms with Gasteiger partial charge in [-0.3, -0.25) is 14.5 Å². The number of carboxylic acids is 1. The van der Waals surface area contributed by atoms with E-state index < -0.39 is 23.3 Å². The minimum atomic E-state index is -1.14. The fraction of sp³-hybridized carbons (Fsp3) is 0.350. The van der Waals surface area contributed by atoms with Crippen LogP contribution in [0.4, 0.5) is 0 Å². The van der Waals surface area contributed by atoms with Gasteiger partial charge in [0.1, 0.15) is 22.1 Å². The van der Waals surface area contributed by atoms with E-state index in [1.165, 1.54) is 39.8 Å². The van der Waals surface area contributed by atoms with E-state index in [9.17, 15) is 19.5 Å². The lowest BCUT2D eigenvalue weighted by Gasteiger charge is -2.49. The third kappa shape index (κ3) is 4.21. The second kappa shape index (κ2) is 8.64. The molecule has 0 spiro atoms. The molecule has 0 saturated carbocycles. The molecule has 0 bridgehead atoms. The van der Waals surface area contributed by atoms with Gasteiger partial charge in [0.15, 0.2) is 4.34 Å². The third-order valence-electron chi connectivity index (χ3n) is 5.04. The van der Waals surface area contributed by atoms with Gasteiger partial charge in [0.2, 0.25) is 0 Å². The van der Waals surface area contributed by atoms with Gasteiger partial charge in [-0.1, -0.05) is 40.8 Å². The highest BCUT2D eigenvalue weighted by Gasteiger charge is 2.54. The van der Waals surface area contributed by atoms with Crippen molar-refractivity contribution < 1.29 is 19.5 Å². The zero-order valence-electron chi connectivity index (χ0n) is 17.0. The molecule has 0 unspecified atom stereocenters. The molecule has 4 rings (SSSR count). The number of aliphatic carboxylic acids is 1. The molecule has 1 aromatic carbocycles. The van der Waals surface area contributed by atoms with Crippen molar-refractivity contribution >= 4 is 52.6 Å². The topological polar surface area (TPSA) is 112 Å². The van der Waals surface area contributed by atoms with E-state index in [-0.39, 0.29) is 11.6 Å². The molecule has 2 N–H and O–H groups in total. The van der Waals surface area contributed by atoms with E-state index in [0.717, 1.165) is 20.5 Å². The number of hydrogen-bond acceptors (Lipinski definition) is 8. The predicted molar refractivity (Wildman–Crippen MR) is 120 cm³/mol. The highest BCUT2D eigenvalue weighted by Crippen LogP contribution is 2.41. The van der Waals surface area contributed by atoms with E-state index in [4.69, 9.17) is 0 Å². The maximum Gasteiger partial charge on any atom is 0.352 e. The summed E-state index contributed by atoms with van der Waals surface area (Å²) in [4.78, 5) is 38.8. The quantitative estimate of drug-likeness (QED) is 0.483. The van der Waals surface area contributed by atoms with Crippen LogP contribution < -0.4 is 5.32 Å². The Morgan fingerprint density at radius 3 is 2.71 bits per heavy atom. The van der Waals surface area contributed by atoms with Gasteiger partial charge in [-0.15, -0.1) is 22.0 Å². The van der Waals surface area contributed by atoms with Crippen molar-refractivity contribution in [1.29, 1.82) is 0 Å². The molecule has 31 heavy (non-hydrogen) atoms. The first kappa shape index (κ1) is 21.8. The molecular formula is C20H20N4O4S3. The summed E-state index contributed by atoms with van der Waals surface area (Å²) in [7, 11) is 0. The Hall–Kier alpha value is -2.37. The van der Waals surface area contributed by atoms with E-state index >= 15 is 0 Å². The van der Waals surface area contributed by atoms with Gasteiger partial charge in [-0.2, -0.15) is 0 Å². The summed E-state index contributed by atoms with van der Waals surface area (Å²) in [5.41, 5.74) is 3.07. The van der Waals surface area contributed by atoms with Crippen LogP contribution in [0.1, 0.15) is 26.5 Å². The molecule has 8 nitrogen and oxygen atoms in total. The van der Waals surface area contributed by atoms with Gasteiger partial charge in [0, 0.05) is 17.1 Å². The van der Waals surface area contributed by atoms with Crippen molar-refractivity contribution in [1.82, 2.24) is 20.4 Å². The smallest absolute Gasteiger partial charge is 0.352 e. The number of nitrogens with one attached hydrogen (secondary N) is 1. The van der Waals surface area contributed by atoms with Crippen LogP contribution in [0.15, 0.2) is 33.8 Å². The number of thioether (sulfide) groups is 2. The lowest BCUT2D eigenvalue weighted by molar-refractivity contribution is -0.148. The lowest BCUT2D eigenvalue weighted by atomic mass is 10.0. The van der Waals surface area contributed by atoms with E-state index in [1.54, 1.807) is 6.07 Å². The van der Waals surface area contributed by atoms with Crippen molar-refractivity contribution in [2.24, 2.45) is 0 Å². The molecule has 3 heterocycles. The summed E-state index contributed by atoms with van der Waals surface area (Å²) in [6.45, 7) is 5.65. The highest BCUT2D eigenvalue weighted by atomic mass is 32.2. The van der Waals surface area contributed by atoms with E-state index in [2.05, 4.69) is 15.5 Å². The summed E-state index contributed by atoms with van der Waals surface area (Å²) < 4.78 is 0.760. The first-order valence-electron chi connectivity index (χ1n) is 9.47. The summed E-state index contributed by atoms with van der Waals surface area (Å²) in [6, 6.07) is 4.75. The number of carbonyl (C=O) groups is 3. The Bertz CT molecular complexity index is 1110. The molecule has 2 aliphatic rings. The Morgan fingerprint density at radius 2 is 2.06 bits per heavy atom. The third-order valence-corrected chi connectivity index (χ3v) is 8.44. The predicted octanol–water partition coefficient (Wildman–Crippen LogP) is 2.61. The zero-order chi connectivity index (χ0) is 22.3. The Morgan fingerprint density at radius 1 is 1.29 bits per heavy atom. The van der Waals surface area contributed by atoms with Gasteiger partial charge in [-0.25, -0.2) is 4.79 Å². The standard InChI is InChI=1S/C20H20N4O4S3/c1-9-4-5-13(10(2)6-9)16(25)21-14-17(26)24-15(19(27)28)12(7-29-18(14)24)8-30-20-23-22-11(3)31-20/h4-6,14,18H,7-8H2,1-3H3,(H,21,25)(H,27,28)/t14-,18-/m1/s1. The molecule has 1 fully saturated rings. The number of carbonyl (C=O) groups excluding carboxylic acids is 2. The summed E-state index contributed by atoms with van der Waals surface area (Å²) in [6.07, 6.45) is 0. The average molecular weight is 477 g/mol. The molecule has 2 aliphatic heterocycles. The average Bonchev–Trinajstić information content (AvgIpc) is 3.14. The number of benzene rings is 1. The number of fused-ring (bicyclic) bond motifs is 1. The molecule has 1 saturated heterocycles. The maximum atomic E-state index is 12.8. The van der Waals surface area contributed by atoms with Crippen LogP contribution in [0.3, 0.4) is 0 Å². The SMILES string of the molecule is Cc1ccc(C(=O)N[C@@H]2C(=O)N3C(C(=O)O)=C(CSc4nnc(C)s4)CS[C@H]23)c(C)c1. The summed E-state index contributed by atoms with van der Waals surface area (Å²) in [5, 5.41) is 21.0. The van der Waals surface area contributed by atoms with Crippen molar-refractivity contribution in [3.8, 4) is 0 Å². The van der Waals surface area contributed by atoms with Gasteiger partial charge in [0.05, 0.1) is 0 Å². The second-order valence-corrected chi connectivity index (χ2v) is 10.8. The van der Waals surface area contributed by atoms with Crippen LogP contribution in [0.25, 0.3) is 0 Å². The second-order valence-electron chi connectivity index (χ2n) is 7.31. The minimum absolute atomic E-state index is 0.0134. The van der Waals surface area contributed by atoms with Crippen molar-refractivity contribution in [2.75, 3.05) is 11.5 Å². The molecule has 2 amide bonds.